The Bertz CT molecular complexity index is 1370. The van der Waals surface area contributed by atoms with E-state index in [4.69, 9.17) is 21.1 Å². The zero-order valence-corrected chi connectivity index (χ0v) is 21.7. The van der Waals surface area contributed by atoms with Crippen molar-refractivity contribution >= 4 is 29.0 Å². The number of benzene rings is 2. The largest absolute Gasteiger partial charge is 0.483 e. The van der Waals surface area contributed by atoms with E-state index in [-0.39, 0.29) is 46.1 Å². The highest BCUT2D eigenvalue weighted by molar-refractivity contribution is 6.32. The van der Waals surface area contributed by atoms with Crippen molar-refractivity contribution in [2.75, 3.05) is 43.9 Å². The number of alkyl halides is 3. The van der Waals surface area contributed by atoms with Crippen molar-refractivity contribution in [2.45, 2.75) is 25.2 Å². The highest BCUT2D eigenvalue weighted by Gasteiger charge is 2.35. The maximum Gasteiger partial charge on any atom is 0.416 e. The van der Waals surface area contributed by atoms with E-state index < -0.39 is 17.6 Å². The lowest BCUT2D eigenvalue weighted by atomic mass is 10.0. The molecule has 1 atom stereocenters. The second-order valence-electron chi connectivity index (χ2n) is 9.21. The molecular weight excluding hydrogens is 537 g/mol. The first-order chi connectivity index (χ1) is 18.7. The second kappa shape index (κ2) is 11.2. The Kier molecular flexibility index (Phi) is 7.78. The van der Waals surface area contributed by atoms with E-state index in [1.54, 1.807) is 0 Å². The number of halogens is 4. The number of hydrogen-bond donors (Lipinski definition) is 3. The summed E-state index contributed by atoms with van der Waals surface area (Å²) >= 11 is 6.28. The summed E-state index contributed by atoms with van der Waals surface area (Å²) in [6.07, 6.45) is -2.40. The maximum absolute atomic E-state index is 13.9. The third-order valence-corrected chi connectivity index (χ3v) is 6.87. The van der Waals surface area contributed by atoms with Crippen LogP contribution in [0.25, 0.3) is 0 Å². The van der Waals surface area contributed by atoms with Gasteiger partial charge in [0.25, 0.3) is 11.8 Å². The Morgan fingerprint density at radius 1 is 1.26 bits per heavy atom. The molecule has 0 saturated carbocycles. The Morgan fingerprint density at radius 3 is 2.87 bits per heavy atom. The summed E-state index contributed by atoms with van der Waals surface area (Å²) in [6.45, 7) is 2.52. The van der Waals surface area contributed by atoms with E-state index >= 15 is 0 Å². The number of hydrogen-bond acceptors (Lipinski definition) is 8. The molecule has 2 aliphatic rings. The fourth-order valence-electron chi connectivity index (χ4n) is 4.55. The van der Waals surface area contributed by atoms with Crippen LogP contribution >= 0.6 is 11.6 Å². The van der Waals surface area contributed by atoms with Crippen LogP contribution in [0.5, 0.6) is 17.4 Å². The predicted octanol–water partition coefficient (Wildman–Crippen LogP) is 4.79. The number of nitrogens with zero attached hydrogens (tertiary/aromatic N) is 3. The van der Waals surface area contributed by atoms with Crippen molar-refractivity contribution < 1.29 is 27.4 Å². The summed E-state index contributed by atoms with van der Waals surface area (Å²) in [7, 11) is 1.84. The SMILES string of the molecule is CN[C@H]1CCN(Cc2ccc(NC(=O)c3ccc(Cl)c(Oc4ncnc5c4OCCN5)c3)cc2C(F)(F)F)C1. The molecule has 13 heteroatoms. The molecule has 206 valence electrons. The predicted molar refractivity (Wildman–Crippen MR) is 140 cm³/mol. The van der Waals surface area contributed by atoms with Gasteiger partial charge >= 0.3 is 6.18 Å². The number of aromatic nitrogens is 2. The number of anilines is 2. The fraction of sp³-hybridized carbons (Fsp3) is 0.346. The van der Waals surface area contributed by atoms with Gasteiger partial charge in [-0.2, -0.15) is 18.2 Å². The molecule has 0 bridgehead atoms. The first-order valence-corrected chi connectivity index (χ1v) is 12.7. The zero-order valence-electron chi connectivity index (χ0n) is 20.9. The van der Waals surface area contributed by atoms with Gasteiger partial charge in [0.05, 0.1) is 17.1 Å². The molecule has 1 saturated heterocycles. The molecule has 1 amide bonds. The van der Waals surface area contributed by atoms with Crippen LogP contribution in [0.2, 0.25) is 5.02 Å². The normalized spacial score (nSPS) is 17.2. The van der Waals surface area contributed by atoms with Gasteiger partial charge in [-0.3, -0.25) is 9.69 Å². The Hall–Kier alpha value is -3.61. The molecular formula is C26H26ClF3N6O3. The third kappa shape index (κ3) is 6.18. The molecule has 9 nitrogen and oxygen atoms in total. The number of amides is 1. The quantitative estimate of drug-likeness (QED) is 0.378. The van der Waals surface area contributed by atoms with E-state index in [9.17, 15) is 18.0 Å². The first kappa shape index (κ1) is 27.0. The molecule has 2 aromatic carbocycles. The summed E-state index contributed by atoms with van der Waals surface area (Å²) in [4.78, 5) is 23.2. The highest BCUT2D eigenvalue weighted by Crippen LogP contribution is 2.39. The summed E-state index contributed by atoms with van der Waals surface area (Å²) in [5.74, 6) is 0.375. The molecule has 3 N–H and O–H groups in total. The number of likely N-dealkylation sites (N-methyl/N-ethyl adjacent to an activating group) is 1. The van der Waals surface area contributed by atoms with Gasteiger partial charge in [0.1, 0.15) is 18.7 Å². The van der Waals surface area contributed by atoms with E-state index in [2.05, 4.69) is 25.9 Å². The molecule has 1 fully saturated rings. The van der Waals surface area contributed by atoms with Crippen molar-refractivity contribution in [1.29, 1.82) is 0 Å². The van der Waals surface area contributed by atoms with E-state index in [0.717, 1.165) is 12.5 Å². The number of fused-ring (bicyclic) bond motifs is 1. The molecule has 0 spiro atoms. The number of ether oxygens (including phenoxy) is 2. The van der Waals surface area contributed by atoms with Gasteiger partial charge in [-0.25, -0.2) is 4.98 Å². The Morgan fingerprint density at radius 2 is 2.10 bits per heavy atom. The zero-order chi connectivity index (χ0) is 27.6. The van der Waals surface area contributed by atoms with Gasteiger partial charge in [-0.1, -0.05) is 17.7 Å². The van der Waals surface area contributed by atoms with Crippen LogP contribution in [-0.2, 0) is 12.7 Å². The smallest absolute Gasteiger partial charge is 0.416 e. The molecule has 0 unspecified atom stereocenters. The van der Waals surface area contributed by atoms with E-state index in [0.29, 0.717) is 37.8 Å². The van der Waals surface area contributed by atoms with Gasteiger partial charge in [0.15, 0.2) is 5.82 Å². The molecule has 2 aliphatic heterocycles. The minimum absolute atomic E-state index is 0.0207. The fourth-order valence-corrected chi connectivity index (χ4v) is 4.70. The van der Waals surface area contributed by atoms with E-state index in [1.165, 1.54) is 36.7 Å². The van der Waals surface area contributed by atoms with Crippen LogP contribution in [0.1, 0.15) is 27.9 Å². The van der Waals surface area contributed by atoms with Gasteiger partial charge in [-0.05, 0) is 49.4 Å². The lowest BCUT2D eigenvalue weighted by molar-refractivity contribution is -0.138. The number of rotatable bonds is 7. The van der Waals surface area contributed by atoms with Crippen molar-refractivity contribution in [3.05, 3.63) is 64.4 Å². The van der Waals surface area contributed by atoms with Gasteiger partial charge in [0.2, 0.25) is 5.75 Å². The minimum atomic E-state index is -4.58. The summed E-state index contributed by atoms with van der Waals surface area (Å²) in [5, 5.41) is 8.98. The van der Waals surface area contributed by atoms with Crippen LogP contribution < -0.4 is 25.4 Å². The van der Waals surface area contributed by atoms with Crippen molar-refractivity contribution in [2.24, 2.45) is 0 Å². The monoisotopic (exact) mass is 562 g/mol. The molecule has 0 radical (unpaired) electrons. The maximum atomic E-state index is 13.9. The summed E-state index contributed by atoms with van der Waals surface area (Å²) < 4.78 is 53.2. The third-order valence-electron chi connectivity index (χ3n) is 6.56. The molecule has 39 heavy (non-hydrogen) atoms. The molecule has 1 aromatic heterocycles. The van der Waals surface area contributed by atoms with Crippen molar-refractivity contribution in [3.8, 4) is 17.4 Å². The van der Waals surface area contributed by atoms with Crippen LogP contribution in [0, 0.1) is 0 Å². The lowest BCUT2D eigenvalue weighted by Crippen LogP contribution is -2.29. The number of carbonyl (C=O) groups is 1. The van der Waals surface area contributed by atoms with Crippen molar-refractivity contribution in [3.63, 3.8) is 0 Å². The first-order valence-electron chi connectivity index (χ1n) is 12.3. The summed E-state index contributed by atoms with van der Waals surface area (Å²) in [6, 6.07) is 8.39. The number of carbonyl (C=O) groups excluding carboxylic acids is 1. The molecule has 3 heterocycles. The highest BCUT2D eigenvalue weighted by atomic mass is 35.5. The van der Waals surface area contributed by atoms with Crippen LogP contribution in [0.3, 0.4) is 0 Å². The summed E-state index contributed by atoms with van der Waals surface area (Å²) in [5.41, 5.74) is -0.476. The molecule has 3 aromatic rings. The minimum Gasteiger partial charge on any atom is -0.483 e. The van der Waals surface area contributed by atoms with Crippen LogP contribution in [0.15, 0.2) is 42.7 Å². The average Bonchev–Trinajstić information content (AvgIpc) is 3.38. The van der Waals surface area contributed by atoms with Gasteiger partial charge < -0.3 is 25.4 Å². The Labute approximate surface area is 227 Å². The average molecular weight is 563 g/mol. The topological polar surface area (TPSA) is 101 Å². The molecule has 0 aliphatic carbocycles. The standard InChI is InChI=1S/C26H26ClF3N6O3/c1-31-18-6-8-36(13-18)12-16-2-4-17(11-19(16)26(28,29)30)35-24(37)15-3-5-20(27)21(10-15)39-25-22-23(33-14-34-25)32-7-9-38-22/h2-5,10-11,14,18,31H,6-9,12-13H2,1H3,(H,35,37)(H,32,33,34)/t18-/m0/s1. The lowest BCUT2D eigenvalue weighted by Gasteiger charge is -2.20. The van der Waals surface area contributed by atoms with Crippen LogP contribution in [-0.4, -0.2) is 60.1 Å². The number of likely N-dealkylation sites (tertiary alicyclic amines) is 1. The molecule has 5 rings (SSSR count). The van der Waals surface area contributed by atoms with Gasteiger partial charge in [0, 0.05) is 36.9 Å². The van der Waals surface area contributed by atoms with Gasteiger partial charge in [-0.15, -0.1) is 0 Å². The number of nitrogens with one attached hydrogen (secondary N) is 3. The van der Waals surface area contributed by atoms with Crippen LogP contribution in [0.4, 0.5) is 24.7 Å². The second-order valence-corrected chi connectivity index (χ2v) is 9.62. The van der Waals surface area contributed by atoms with E-state index in [1.807, 2.05) is 11.9 Å². The Balaban J connectivity index is 1.34. The van der Waals surface area contributed by atoms with Crippen molar-refractivity contribution in [1.82, 2.24) is 20.2 Å².